The fourth-order valence-corrected chi connectivity index (χ4v) is 2.42. The average molecular weight is 240 g/mol. The molecule has 4 heteroatoms. The van der Waals surface area contributed by atoms with Crippen molar-refractivity contribution in [3.63, 3.8) is 0 Å². The van der Waals surface area contributed by atoms with Gasteiger partial charge < -0.3 is 14.8 Å². The molecule has 1 spiro atoms. The molecule has 1 saturated heterocycles. The number of fused-ring (bicyclic) bond motifs is 1. The van der Waals surface area contributed by atoms with Crippen LogP contribution in [0.3, 0.4) is 0 Å². The maximum atomic E-state index is 5.97. The first-order valence-corrected chi connectivity index (χ1v) is 5.91. The van der Waals surface area contributed by atoms with Crippen LogP contribution in [-0.4, -0.2) is 18.9 Å². The molecule has 2 aliphatic rings. The summed E-state index contributed by atoms with van der Waals surface area (Å²) in [6.45, 7) is 2.91. The Morgan fingerprint density at radius 2 is 2.00 bits per heavy atom. The zero-order valence-corrected chi connectivity index (χ0v) is 9.72. The van der Waals surface area contributed by atoms with E-state index in [1.54, 1.807) is 0 Å². The average Bonchev–Trinajstić information content (AvgIpc) is 2.66. The van der Waals surface area contributed by atoms with Crippen LogP contribution in [0.1, 0.15) is 17.5 Å². The first-order valence-electron chi connectivity index (χ1n) is 5.53. The van der Waals surface area contributed by atoms with Crippen LogP contribution in [0.5, 0.6) is 0 Å². The lowest BCUT2D eigenvalue weighted by atomic mass is 10.1. The Hall–Kier alpha value is -0.610. The van der Waals surface area contributed by atoms with Crippen LogP contribution in [-0.2, 0) is 22.7 Å². The third kappa shape index (κ3) is 1.84. The highest BCUT2D eigenvalue weighted by Gasteiger charge is 2.37. The largest absolute Gasteiger partial charge is 0.344 e. The summed E-state index contributed by atoms with van der Waals surface area (Å²) in [6.07, 6.45) is 0.911. The molecule has 1 aromatic rings. The van der Waals surface area contributed by atoms with Gasteiger partial charge in [-0.3, -0.25) is 0 Å². The van der Waals surface area contributed by atoms with Gasteiger partial charge in [-0.1, -0.05) is 17.7 Å². The molecular formula is C12H14ClNO2. The van der Waals surface area contributed by atoms with Crippen LogP contribution >= 0.6 is 11.6 Å². The van der Waals surface area contributed by atoms with Crippen molar-refractivity contribution in [3.8, 4) is 0 Å². The van der Waals surface area contributed by atoms with Crippen molar-refractivity contribution in [1.82, 2.24) is 5.32 Å². The highest BCUT2D eigenvalue weighted by Crippen LogP contribution is 2.30. The smallest absolute Gasteiger partial charge is 0.182 e. The lowest BCUT2D eigenvalue weighted by Gasteiger charge is -2.26. The van der Waals surface area contributed by atoms with Gasteiger partial charge in [-0.25, -0.2) is 0 Å². The van der Waals surface area contributed by atoms with Crippen molar-refractivity contribution in [2.24, 2.45) is 0 Å². The summed E-state index contributed by atoms with van der Waals surface area (Å²) < 4.78 is 11.8. The zero-order valence-electron chi connectivity index (χ0n) is 8.96. The number of hydrogen-bond acceptors (Lipinski definition) is 3. The van der Waals surface area contributed by atoms with Gasteiger partial charge in [0.2, 0.25) is 0 Å². The molecule has 0 saturated carbocycles. The molecule has 0 amide bonds. The number of hydrogen-bond donors (Lipinski definition) is 1. The quantitative estimate of drug-likeness (QED) is 0.752. The Morgan fingerprint density at radius 1 is 1.19 bits per heavy atom. The van der Waals surface area contributed by atoms with Gasteiger partial charge in [0.05, 0.1) is 13.2 Å². The van der Waals surface area contributed by atoms with Crippen molar-refractivity contribution in [3.05, 3.63) is 34.3 Å². The van der Waals surface area contributed by atoms with Gasteiger partial charge >= 0.3 is 0 Å². The molecule has 1 atom stereocenters. The van der Waals surface area contributed by atoms with Crippen molar-refractivity contribution < 1.29 is 9.47 Å². The molecule has 3 nitrogen and oxygen atoms in total. The standard InChI is InChI=1S/C12H14ClNO2/c13-11-2-1-9-6-15-12(3-4-14-8-12)16-7-10(9)5-11/h1-2,5,14H,3-4,6-8H2. The van der Waals surface area contributed by atoms with E-state index in [0.29, 0.717) is 13.2 Å². The van der Waals surface area contributed by atoms with Gasteiger partial charge in [0.15, 0.2) is 5.79 Å². The summed E-state index contributed by atoms with van der Waals surface area (Å²) in [5, 5.41) is 4.03. The molecule has 0 aliphatic carbocycles. The molecule has 0 aromatic heterocycles. The van der Waals surface area contributed by atoms with Gasteiger partial charge in [0.25, 0.3) is 0 Å². The summed E-state index contributed by atoms with van der Waals surface area (Å²) in [5.41, 5.74) is 2.31. The number of halogens is 1. The number of benzene rings is 1. The van der Waals surface area contributed by atoms with Crippen LogP contribution in [0.4, 0.5) is 0 Å². The molecule has 1 fully saturated rings. The summed E-state index contributed by atoms with van der Waals surface area (Å²) in [6, 6.07) is 5.87. The number of ether oxygens (including phenoxy) is 2. The minimum atomic E-state index is -0.425. The van der Waals surface area contributed by atoms with Crippen LogP contribution in [0.2, 0.25) is 5.02 Å². The Bertz CT molecular complexity index is 402. The molecule has 2 aliphatic heterocycles. The van der Waals surface area contributed by atoms with Crippen molar-refractivity contribution in [2.75, 3.05) is 13.1 Å². The predicted molar refractivity (Wildman–Crippen MR) is 61.2 cm³/mol. The number of rotatable bonds is 0. The first-order chi connectivity index (χ1) is 7.77. The fraction of sp³-hybridized carbons (Fsp3) is 0.500. The van der Waals surface area contributed by atoms with E-state index in [2.05, 4.69) is 5.32 Å². The van der Waals surface area contributed by atoms with E-state index < -0.39 is 5.79 Å². The van der Waals surface area contributed by atoms with E-state index in [1.807, 2.05) is 18.2 Å². The van der Waals surface area contributed by atoms with E-state index in [4.69, 9.17) is 21.1 Å². The normalized spacial score (nSPS) is 29.1. The van der Waals surface area contributed by atoms with E-state index >= 15 is 0 Å². The van der Waals surface area contributed by atoms with Gasteiger partial charge in [0.1, 0.15) is 0 Å². The van der Waals surface area contributed by atoms with Crippen LogP contribution < -0.4 is 5.32 Å². The number of nitrogens with one attached hydrogen (secondary N) is 1. The van der Waals surface area contributed by atoms with E-state index in [1.165, 1.54) is 5.56 Å². The Balaban J connectivity index is 1.86. The molecule has 1 N–H and O–H groups in total. The second kappa shape index (κ2) is 4.00. The molecular weight excluding hydrogens is 226 g/mol. The summed E-state index contributed by atoms with van der Waals surface area (Å²) in [5.74, 6) is -0.425. The zero-order chi connectivity index (χ0) is 11.0. The minimum Gasteiger partial charge on any atom is -0.344 e. The maximum Gasteiger partial charge on any atom is 0.182 e. The van der Waals surface area contributed by atoms with E-state index in [0.717, 1.165) is 30.1 Å². The van der Waals surface area contributed by atoms with Crippen molar-refractivity contribution in [2.45, 2.75) is 25.4 Å². The van der Waals surface area contributed by atoms with Gasteiger partial charge in [-0.15, -0.1) is 0 Å². The minimum absolute atomic E-state index is 0.425. The Morgan fingerprint density at radius 3 is 2.75 bits per heavy atom. The summed E-state index contributed by atoms with van der Waals surface area (Å²) in [4.78, 5) is 0. The SMILES string of the molecule is Clc1ccc2c(c1)COC1(CCNC1)OC2. The Kier molecular flexibility index (Phi) is 2.64. The van der Waals surface area contributed by atoms with E-state index in [-0.39, 0.29) is 0 Å². The summed E-state index contributed by atoms with van der Waals surface area (Å²) in [7, 11) is 0. The van der Waals surface area contributed by atoms with Gasteiger partial charge in [0, 0.05) is 24.5 Å². The summed E-state index contributed by atoms with van der Waals surface area (Å²) >= 11 is 5.97. The second-order valence-electron chi connectivity index (χ2n) is 4.33. The molecule has 1 aromatic carbocycles. The lowest BCUT2D eigenvalue weighted by Crippen LogP contribution is -2.36. The first kappa shape index (κ1) is 10.5. The van der Waals surface area contributed by atoms with Crippen molar-refractivity contribution >= 4 is 11.6 Å². The third-order valence-corrected chi connectivity index (χ3v) is 3.46. The molecule has 86 valence electrons. The molecule has 0 radical (unpaired) electrons. The molecule has 0 bridgehead atoms. The molecule has 1 unspecified atom stereocenters. The van der Waals surface area contributed by atoms with Crippen LogP contribution in [0, 0.1) is 0 Å². The van der Waals surface area contributed by atoms with Crippen LogP contribution in [0.15, 0.2) is 18.2 Å². The lowest BCUT2D eigenvalue weighted by molar-refractivity contribution is -0.230. The highest BCUT2D eigenvalue weighted by molar-refractivity contribution is 6.30. The third-order valence-electron chi connectivity index (χ3n) is 3.23. The van der Waals surface area contributed by atoms with Gasteiger partial charge in [-0.2, -0.15) is 0 Å². The molecule has 16 heavy (non-hydrogen) atoms. The van der Waals surface area contributed by atoms with E-state index in [9.17, 15) is 0 Å². The van der Waals surface area contributed by atoms with Crippen LogP contribution in [0.25, 0.3) is 0 Å². The fourth-order valence-electron chi connectivity index (χ4n) is 2.22. The second-order valence-corrected chi connectivity index (χ2v) is 4.76. The van der Waals surface area contributed by atoms with Crippen molar-refractivity contribution in [1.29, 1.82) is 0 Å². The highest BCUT2D eigenvalue weighted by atomic mass is 35.5. The predicted octanol–water partition coefficient (Wildman–Crippen LogP) is 2.08. The Labute approximate surface area is 99.7 Å². The monoisotopic (exact) mass is 239 g/mol. The molecule has 2 heterocycles. The topological polar surface area (TPSA) is 30.5 Å². The maximum absolute atomic E-state index is 5.97. The molecule has 3 rings (SSSR count). The van der Waals surface area contributed by atoms with Gasteiger partial charge in [-0.05, 0) is 23.3 Å².